The Morgan fingerprint density at radius 3 is 2.43 bits per heavy atom. The molecule has 2 rings (SSSR count). The number of ether oxygens (including phenoxy) is 2. The summed E-state index contributed by atoms with van der Waals surface area (Å²) in [7, 11) is 1.53. The summed E-state index contributed by atoms with van der Waals surface area (Å²) in [6.07, 6.45) is -0.640. The Hall–Kier alpha value is -2.20. The minimum absolute atomic E-state index is 0.259. The summed E-state index contributed by atoms with van der Waals surface area (Å²) >= 11 is 6.07. The van der Waals surface area contributed by atoms with Gasteiger partial charge in [0.25, 0.3) is 5.91 Å². The van der Waals surface area contributed by atoms with Gasteiger partial charge in [0.2, 0.25) is 0 Å². The maximum Gasteiger partial charge on any atom is 0.265 e. The third-order valence-electron chi connectivity index (χ3n) is 3.44. The van der Waals surface area contributed by atoms with Crippen molar-refractivity contribution < 1.29 is 14.3 Å². The number of anilines is 1. The van der Waals surface area contributed by atoms with E-state index in [1.165, 1.54) is 7.11 Å². The van der Waals surface area contributed by atoms with E-state index >= 15 is 0 Å². The third kappa shape index (κ3) is 4.39. The van der Waals surface area contributed by atoms with E-state index < -0.39 is 6.10 Å². The lowest BCUT2D eigenvalue weighted by Gasteiger charge is -2.17. The van der Waals surface area contributed by atoms with Crippen LogP contribution >= 0.6 is 11.6 Å². The van der Waals surface area contributed by atoms with Gasteiger partial charge in [0, 0.05) is 11.1 Å². The van der Waals surface area contributed by atoms with E-state index in [-0.39, 0.29) is 5.91 Å². The van der Waals surface area contributed by atoms with Crippen LogP contribution in [0, 0.1) is 13.8 Å². The lowest BCUT2D eigenvalue weighted by atomic mass is 10.2. The third-order valence-corrected chi connectivity index (χ3v) is 3.85. The number of aryl methyl sites for hydroxylation is 2. The van der Waals surface area contributed by atoms with Crippen LogP contribution in [0.25, 0.3) is 0 Å². The first-order chi connectivity index (χ1) is 10.9. The van der Waals surface area contributed by atoms with E-state index in [1.54, 1.807) is 19.1 Å². The predicted molar refractivity (Wildman–Crippen MR) is 92.6 cm³/mol. The van der Waals surface area contributed by atoms with Crippen LogP contribution in [-0.4, -0.2) is 19.1 Å². The van der Waals surface area contributed by atoms with Crippen molar-refractivity contribution in [3.8, 4) is 11.5 Å². The van der Waals surface area contributed by atoms with Crippen molar-refractivity contribution in [2.75, 3.05) is 12.4 Å². The van der Waals surface area contributed by atoms with Crippen LogP contribution in [0.1, 0.15) is 18.1 Å². The molecule has 0 aliphatic carbocycles. The number of halogens is 1. The van der Waals surface area contributed by atoms with E-state index in [0.29, 0.717) is 22.2 Å². The van der Waals surface area contributed by atoms with Crippen LogP contribution in [0.2, 0.25) is 5.02 Å². The molecule has 0 saturated carbocycles. The van der Waals surface area contributed by atoms with Gasteiger partial charge in [-0.05, 0) is 44.5 Å². The Bertz CT molecular complexity index is 698. The average molecular weight is 334 g/mol. The topological polar surface area (TPSA) is 47.6 Å². The van der Waals surface area contributed by atoms with Crippen LogP contribution in [0.3, 0.4) is 0 Å². The van der Waals surface area contributed by atoms with Crippen molar-refractivity contribution in [2.45, 2.75) is 26.9 Å². The maximum absolute atomic E-state index is 12.3. The number of nitrogens with one attached hydrogen (secondary N) is 1. The summed E-state index contributed by atoms with van der Waals surface area (Å²) in [6.45, 7) is 5.56. The van der Waals surface area contributed by atoms with Gasteiger partial charge in [-0.15, -0.1) is 0 Å². The molecular weight excluding hydrogens is 314 g/mol. The lowest BCUT2D eigenvalue weighted by Crippen LogP contribution is -2.30. The zero-order chi connectivity index (χ0) is 17.0. The van der Waals surface area contributed by atoms with E-state index in [1.807, 2.05) is 38.1 Å². The van der Waals surface area contributed by atoms with Crippen molar-refractivity contribution in [1.29, 1.82) is 0 Å². The second-order valence-corrected chi connectivity index (χ2v) is 5.77. The van der Waals surface area contributed by atoms with Crippen molar-refractivity contribution in [2.24, 2.45) is 0 Å². The van der Waals surface area contributed by atoms with Crippen LogP contribution in [0.4, 0.5) is 5.69 Å². The Balaban J connectivity index is 2.09. The predicted octanol–water partition coefficient (Wildman–Crippen LogP) is 4.37. The summed E-state index contributed by atoms with van der Waals surface area (Å²) < 4.78 is 10.9. The molecule has 0 aliphatic rings. The van der Waals surface area contributed by atoms with Gasteiger partial charge >= 0.3 is 0 Å². The Kier molecular flexibility index (Phi) is 5.50. The molecule has 2 aromatic rings. The van der Waals surface area contributed by atoms with Gasteiger partial charge in [-0.2, -0.15) is 0 Å². The molecule has 0 fully saturated rings. The van der Waals surface area contributed by atoms with Crippen molar-refractivity contribution >= 4 is 23.2 Å². The number of rotatable bonds is 5. The quantitative estimate of drug-likeness (QED) is 0.883. The maximum atomic E-state index is 12.3. The van der Waals surface area contributed by atoms with Crippen LogP contribution in [0.5, 0.6) is 11.5 Å². The first-order valence-electron chi connectivity index (χ1n) is 7.29. The van der Waals surface area contributed by atoms with Crippen molar-refractivity contribution in [3.05, 3.63) is 52.5 Å². The molecule has 1 atom stereocenters. The highest BCUT2D eigenvalue weighted by atomic mass is 35.5. The minimum atomic E-state index is -0.640. The molecule has 1 unspecified atom stereocenters. The summed E-state index contributed by atoms with van der Waals surface area (Å²) in [5, 5.41) is 3.40. The van der Waals surface area contributed by atoms with Gasteiger partial charge < -0.3 is 14.8 Å². The Labute approximate surface area is 141 Å². The van der Waals surface area contributed by atoms with E-state index in [9.17, 15) is 4.79 Å². The highest BCUT2D eigenvalue weighted by molar-refractivity contribution is 6.31. The Morgan fingerprint density at radius 2 is 1.83 bits per heavy atom. The standard InChI is InChI=1S/C18H20ClNO3/c1-11-5-7-14(8-6-11)23-13(3)18(21)20-16-9-12(2)15(19)10-17(16)22-4/h5-10,13H,1-4H3,(H,20,21). The van der Waals surface area contributed by atoms with E-state index in [2.05, 4.69) is 5.32 Å². The largest absolute Gasteiger partial charge is 0.495 e. The van der Waals surface area contributed by atoms with E-state index in [0.717, 1.165) is 11.1 Å². The fraction of sp³-hybridized carbons (Fsp3) is 0.278. The molecule has 1 N–H and O–H groups in total. The minimum Gasteiger partial charge on any atom is -0.495 e. The molecule has 0 spiro atoms. The highest BCUT2D eigenvalue weighted by Gasteiger charge is 2.17. The fourth-order valence-electron chi connectivity index (χ4n) is 2.04. The number of methoxy groups -OCH3 is 1. The van der Waals surface area contributed by atoms with Gasteiger partial charge in [0.05, 0.1) is 12.8 Å². The smallest absolute Gasteiger partial charge is 0.265 e. The molecule has 0 radical (unpaired) electrons. The molecule has 122 valence electrons. The molecule has 23 heavy (non-hydrogen) atoms. The fourth-order valence-corrected chi connectivity index (χ4v) is 2.19. The molecule has 0 saturated heterocycles. The summed E-state index contributed by atoms with van der Waals surface area (Å²) in [5.41, 5.74) is 2.56. The highest BCUT2D eigenvalue weighted by Crippen LogP contribution is 2.31. The number of carbonyl (C=O) groups is 1. The lowest BCUT2D eigenvalue weighted by molar-refractivity contribution is -0.122. The Morgan fingerprint density at radius 1 is 1.17 bits per heavy atom. The molecule has 4 nitrogen and oxygen atoms in total. The zero-order valence-corrected chi connectivity index (χ0v) is 14.4. The van der Waals surface area contributed by atoms with Crippen LogP contribution < -0.4 is 14.8 Å². The number of benzene rings is 2. The van der Waals surface area contributed by atoms with Gasteiger partial charge in [0.1, 0.15) is 11.5 Å². The molecule has 0 bridgehead atoms. The SMILES string of the molecule is COc1cc(Cl)c(C)cc1NC(=O)C(C)Oc1ccc(C)cc1. The van der Waals surface area contributed by atoms with Gasteiger partial charge in [-0.25, -0.2) is 0 Å². The first-order valence-corrected chi connectivity index (χ1v) is 7.67. The first kappa shape index (κ1) is 17.2. The van der Waals surface area contributed by atoms with Crippen molar-refractivity contribution in [1.82, 2.24) is 0 Å². The molecule has 0 aromatic heterocycles. The van der Waals surface area contributed by atoms with Crippen LogP contribution in [-0.2, 0) is 4.79 Å². The van der Waals surface area contributed by atoms with Crippen LogP contribution in [0.15, 0.2) is 36.4 Å². The molecule has 1 amide bonds. The molecule has 2 aromatic carbocycles. The van der Waals surface area contributed by atoms with E-state index in [4.69, 9.17) is 21.1 Å². The van der Waals surface area contributed by atoms with Gasteiger partial charge in [-0.1, -0.05) is 29.3 Å². The normalized spacial score (nSPS) is 11.7. The molecular formula is C18H20ClNO3. The van der Waals surface area contributed by atoms with Gasteiger partial charge in [0.15, 0.2) is 6.10 Å². The summed E-state index contributed by atoms with van der Waals surface area (Å²) in [6, 6.07) is 11.0. The second-order valence-electron chi connectivity index (χ2n) is 5.36. The van der Waals surface area contributed by atoms with Crippen molar-refractivity contribution in [3.63, 3.8) is 0 Å². The van der Waals surface area contributed by atoms with Gasteiger partial charge in [-0.3, -0.25) is 4.79 Å². The number of hydrogen-bond donors (Lipinski definition) is 1. The summed E-state index contributed by atoms with van der Waals surface area (Å²) in [5.74, 6) is 0.902. The second kappa shape index (κ2) is 7.38. The molecule has 0 aliphatic heterocycles. The number of amides is 1. The average Bonchev–Trinajstić information content (AvgIpc) is 2.52. The zero-order valence-electron chi connectivity index (χ0n) is 13.6. The summed E-state index contributed by atoms with van der Waals surface area (Å²) in [4.78, 5) is 12.3. The molecule has 5 heteroatoms. The number of carbonyl (C=O) groups excluding carboxylic acids is 1. The molecule has 0 heterocycles. The number of hydrogen-bond acceptors (Lipinski definition) is 3. The monoisotopic (exact) mass is 333 g/mol.